The van der Waals surface area contributed by atoms with Gasteiger partial charge in [0.05, 0.1) is 28.1 Å². The molecule has 1 aromatic carbocycles. The molecule has 1 aliphatic heterocycles. The van der Waals surface area contributed by atoms with Gasteiger partial charge in [0.25, 0.3) is 0 Å². The zero-order chi connectivity index (χ0) is 18.1. The topological polar surface area (TPSA) is 61.2 Å². The van der Waals surface area contributed by atoms with Crippen molar-refractivity contribution in [3.63, 3.8) is 0 Å². The first-order valence-corrected chi connectivity index (χ1v) is 9.42. The van der Waals surface area contributed by atoms with E-state index < -0.39 is 44.7 Å². The first kappa shape index (κ1) is 16.6. The van der Waals surface area contributed by atoms with E-state index in [0.29, 0.717) is 18.9 Å². The van der Waals surface area contributed by atoms with Crippen LogP contribution < -0.4 is 4.31 Å². The molecule has 4 rings (SSSR count). The van der Waals surface area contributed by atoms with E-state index in [0.717, 1.165) is 10.4 Å². The van der Waals surface area contributed by atoms with Crippen molar-refractivity contribution < 1.29 is 26.0 Å². The number of rotatable bonds is 1. The monoisotopic (exact) mass is 374 g/mol. The lowest BCUT2D eigenvalue weighted by atomic mass is 9.87. The smallest absolute Gasteiger partial charge is 0.270 e. The summed E-state index contributed by atoms with van der Waals surface area (Å²) in [6.07, 6.45) is -5.06. The van der Waals surface area contributed by atoms with Crippen molar-refractivity contribution in [1.82, 2.24) is 0 Å². The Balaban J connectivity index is 1.76. The third-order valence-corrected chi connectivity index (χ3v) is 8.12. The van der Waals surface area contributed by atoms with Gasteiger partial charge in [0.2, 0.25) is 10.0 Å². The van der Waals surface area contributed by atoms with Crippen molar-refractivity contribution >= 4 is 15.7 Å². The number of halogens is 4. The lowest BCUT2D eigenvalue weighted by Gasteiger charge is -2.24. The Morgan fingerprint density at radius 1 is 1.20 bits per heavy atom. The SMILES string of the molecule is N#Cc1ccc(N2C[C@H]3[C@@H]4C[C@H]([C@@H]3S2(=O)=O)[C@@H](F)C4)cc1C(F)(F)F. The Bertz CT molecular complexity index is 877. The molecule has 3 aliphatic rings. The Morgan fingerprint density at radius 2 is 1.92 bits per heavy atom. The molecule has 2 bridgehead atoms. The second-order valence-electron chi connectivity index (χ2n) is 6.96. The van der Waals surface area contributed by atoms with Gasteiger partial charge in [-0.2, -0.15) is 18.4 Å². The standard InChI is InChI=1S/C16H14F4N2O2S/c17-14-4-9-3-11(14)15-12(9)7-22(25(15,23)24)10-2-1-8(6-21)13(5-10)16(18,19)20/h1-2,5,9,11-12,14-15H,3-4,7H2/t9-,11+,12+,14+,15+/m1/s1. The summed E-state index contributed by atoms with van der Waals surface area (Å²) in [6, 6.07) is 4.36. The van der Waals surface area contributed by atoms with Crippen LogP contribution in [0, 0.1) is 29.1 Å². The van der Waals surface area contributed by atoms with Crippen molar-refractivity contribution in [2.24, 2.45) is 17.8 Å². The van der Waals surface area contributed by atoms with Crippen LogP contribution >= 0.6 is 0 Å². The number of sulfonamides is 1. The van der Waals surface area contributed by atoms with E-state index in [9.17, 15) is 26.0 Å². The third kappa shape index (κ3) is 2.26. The maximum atomic E-state index is 14.0. The second-order valence-corrected chi connectivity index (χ2v) is 8.97. The fourth-order valence-corrected chi connectivity index (χ4v) is 7.30. The Labute approximate surface area is 142 Å². The molecule has 0 N–H and O–H groups in total. The van der Waals surface area contributed by atoms with Gasteiger partial charge in [0.15, 0.2) is 0 Å². The summed E-state index contributed by atoms with van der Waals surface area (Å²) in [6.45, 7) is 0.0735. The Hall–Kier alpha value is -1.82. The molecule has 0 unspecified atom stereocenters. The Kier molecular flexibility index (Phi) is 3.39. The van der Waals surface area contributed by atoms with Crippen LogP contribution in [0.25, 0.3) is 0 Å². The van der Waals surface area contributed by atoms with Crippen LogP contribution in [0.5, 0.6) is 0 Å². The minimum Gasteiger partial charge on any atom is -0.270 e. The van der Waals surface area contributed by atoms with Gasteiger partial charge in [-0.3, -0.25) is 4.31 Å². The fourth-order valence-electron chi connectivity index (χ4n) is 4.74. The summed E-state index contributed by atoms with van der Waals surface area (Å²) in [7, 11) is -3.92. The summed E-state index contributed by atoms with van der Waals surface area (Å²) in [5.41, 5.74) is -1.83. The summed E-state index contributed by atoms with van der Waals surface area (Å²) < 4.78 is 80.1. The predicted octanol–water partition coefficient (Wildman–Crippen LogP) is 3.09. The van der Waals surface area contributed by atoms with E-state index in [4.69, 9.17) is 5.26 Å². The maximum Gasteiger partial charge on any atom is 0.417 e. The first-order chi connectivity index (χ1) is 11.6. The van der Waals surface area contributed by atoms with E-state index >= 15 is 0 Å². The largest absolute Gasteiger partial charge is 0.417 e. The van der Waals surface area contributed by atoms with E-state index in [1.807, 2.05) is 0 Å². The first-order valence-electron chi connectivity index (χ1n) is 7.91. The molecular formula is C16H14F4N2O2S. The highest BCUT2D eigenvalue weighted by Crippen LogP contribution is 2.56. The van der Waals surface area contributed by atoms with Gasteiger partial charge in [-0.25, -0.2) is 12.8 Å². The van der Waals surface area contributed by atoms with E-state index in [1.165, 1.54) is 12.1 Å². The quantitative estimate of drug-likeness (QED) is 0.710. The molecule has 134 valence electrons. The molecule has 5 atom stereocenters. The molecule has 1 saturated heterocycles. The molecule has 0 radical (unpaired) electrons. The number of nitrogens with zero attached hydrogens (tertiary/aromatic N) is 2. The van der Waals surface area contributed by atoms with Crippen molar-refractivity contribution in [3.8, 4) is 6.07 Å². The molecule has 3 fully saturated rings. The number of alkyl halides is 4. The van der Waals surface area contributed by atoms with Crippen LogP contribution in [-0.4, -0.2) is 26.4 Å². The zero-order valence-corrected chi connectivity index (χ0v) is 13.7. The summed E-state index contributed by atoms with van der Waals surface area (Å²) in [5, 5.41) is 8.00. The molecule has 4 nitrogen and oxygen atoms in total. The summed E-state index contributed by atoms with van der Waals surface area (Å²) >= 11 is 0. The third-order valence-electron chi connectivity index (χ3n) is 5.76. The average Bonchev–Trinajstić information content (AvgIpc) is 3.15. The lowest BCUT2D eigenvalue weighted by Crippen LogP contribution is -2.37. The Morgan fingerprint density at radius 3 is 2.56 bits per heavy atom. The molecular weight excluding hydrogens is 360 g/mol. The van der Waals surface area contributed by atoms with Crippen LogP contribution in [0.4, 0.5) is 23.2 Å². The van der Waals surface area contributed by atoms with Gasteiger partial charge in [0.1, 0.15) is 6.17 Å². The van der Waals surface area contributed by atoms with Gasteiger partial charge >= 0.3 is 6.18 Å². The molecule has 9 heteroatoms. The van der Waals surface area contributed by atoms with Gasteiger partial charge in [-0.15, -0.1) is 0 Å². The van der Waals surface area contributed by atoms with Gasteiger partial charge in [-0.1, -0.05) is 0 Å². The van der Waals surface area contributed by atoms with Crippen LogP contribution in [0.1, 0.15) is 24.0 Å². The van der Waals surface area contributed by atoms with Gasteiger partial charge in [-0.05, 0) is 42.9 Å². The van der Waals surface area contributed by atoms with Crippen LogP contribution in [0.2, 0.25) is 0 Å². The normalized spacial score (nSPS) is 35.6. The minimum absolute atomic E-state index is 0.0368. The van der Waals surface area contributed by atoms with Crippen LogP contribution in [0.15, 0.2) is 18.2 Å². The highest BCUT2D eigenvalue weighted by molar-refractivity contribution is 7.93. The van der Waals surface area contributed by atoms with E-state index in [-0.39, 0.29) is 24.1 Å². The second kappa shape index (κ2) is 5.10. The van der Waals surface area contributed by atoms with Crippen molar-refractivity contribution in [3.05, 3.63) is 29.3 Å². The summed E-state index contributed by atoms with van der Waals surface area (Å²) in [4.78, 5) is 0. The summed E-state index contributed by atoms with van der Waals surface area (Å²) in [5.74, 6) is -0.845. The predicted molar refractivity (Wildman–Crippen MR) is 80.8 cm³/mol. The average molecular weight is 374 g/mol. The van der Waals surface area contributed by atoms with Crippen molar-refractivity contribution in [2.45, 2.75) is 30.4 Å². The van der Waals surface area contributed by atoms with E-state index in [1.54, 1.807) is 0 Å². The van der Waals surface area contributed by atoms with Crippen LogP contribution in [0.3, 0.4) is 0 Å². The van der Waals surface area contributed by atoms with Gasteiger partial charge < -0.3 is 0 Å². The van der Waals surface area contributed by atoms with Crippen LogP contribution in [-0.2, 0) is 16.2 Å². The van der Waals surface area contributed by atoms with Crippen molar-refractivity contribution in [2.75, 3.05) is 10.8 Å². The van der Waals surface area contributed by atoms with Crippen molar-refractivity contribution in [1.29, 1.82) is 5.26 Å². The number of fused-ring (bicyclic) bond motifs is 5. The molecule has 0 aromatic heterocycles. The number of hydrogen-bond donors (Lipinski definition) is 0. The molecule has 1 aromatic rings. The molecule has 2 aliphatic carbocycles. The lowest BCUT2D eigenvalue weighted by molar-refractivity contribution is -0.137. The van der Waals surface area contributed by atoms with E-state index in [2.05, 4.69) is 0 Å². The number of anilines is 1. The maximum absolute atomic E-state index is 14.0. The highest BCUT2D eigenvalue weighted by Gasteiger charge is 2.63. The molecule has 0 spiro atoms. The number of nitriles is 1. The zero-order valence-electron chi connectivity index (χ0n) is 12.9. The molecule has 0 amide bonds. The number of benzene rings is 1. The minimum atomic E-state index is -4.76. The molecule has 1 heterocycles. The van der Waals surface area contributed by atoms with Gasteiger partial charge in [0, 0.05) is 12.5 Å². The molecule has 2 saturated carbocycles. The molecule has 25 heavy (non-hydrogen) atoms. The number of hydrogen-bond acceptors (Lipinski definition) is 3. The highest BCUT2D eigenvalue weighted by atomic mass is 32.2. The fraction of sp³-hybridized carbons (Fsp3) is 0.562.